The maximum Gasteiger partial charge on any atom is 0.534 e. The molecule has 5 fully saturated rings. The predicted molar refractivity (Wildman–Crippen MR) is 399 cm³/mol. The summed E-state index contributed by atoms with van der Waals surface area (Å²) in [6.07, 6.45) is 24.1. The van der Waals surface area contributed by atoms with E-state index in [9.17, 15) is 21.6 Å². The van der Waals surface area contributed by atoms with Gasteiger partial charge in [0.25, 0.3) is 0 Å². The van der Waals surface area contributed by atoms with Crippen LogP contribution in [0.25, 0.3) is 79.5 Å². The van der Waals surface area contributed by atoms with E-state index in [2.05, 4.69) is 105 Å². The molecule has 101 heavy (non-hydrogen) atoms. The second kappa shape index (κ2) is 31.7. The molecule has 3 heterocycles. The van der Waals surface area contributed by atoms with Crippen LogP contribution in [0.4, 0.5) is 13.2 Å². The number of hydrogen-bond donors (Lipinski definition) is 0. The van der Waals surface area contributed by atoms with Crippen LogP contribution < -0.4 is 9.65 Å². The van der Waals surface area contributed by atoms with Crippen LogP contribution >= 0.6 is 0 Å². The Hall–Kier alpha value is -8.70. The lowest BCUT2D eigenvalue weighted by molar-refractivity contribution is -0.0500. The molecule has 1 saturated heterocycles. The molecule has 11 nitrogen and oxygen atoms in total. The molecule has 16 heteroatoms. The smallest absolute Gasteiger partial charge is 0.399 e. The minimum atomic E-state index is -5.65. The van der Waals surface area contributed by atoms with Gasteiger partial charge in [-0.05, 0) is 160 Å². The van der Waals surface area contributed by atoms with Gasteiger partial charge in [0.15, 0.2) is 34.9 Å². The Kier molecular flexibility index (Phi) is 22.2. The summed E-state index contributed by atoms with van der Waals surface area (Å²) >= 11 is 0. The molecular weight excluding hydrogens is 1280 g/mol. The van der Waals surface area contributed by atoms with Crippen molar-refractivity contribution in [2.45, 2.75) is 196 Å². The standard InChI is InChI=1S/C39H39N3.C27H26BN3O2.C19H25F3O3S/c1-5-14-28(15-6-1)34-25-35(29-16-7-2-8-17-29)27-36(26-34)32-22-13-23-33(24-32)39-41-37(30-18-9-3-10-19-30)40-38(42-39)31-20-11-4-12-21-31;1-26(2)27(3,4)33-28(32-26)22-17-11-16-21(18-22)25-30-23(19-12-7-5-8-13-19)29-24(31-25)20-14-9-6-10-15-20;20-19(21,22)26(23,24)25-18-12-16(14-7-3-1-4-8-14)11-17(13-18)15-9-5-2-6-10-15/h3-4,9-13,18-29H,1-2,5-8,14-17H2;5-18H,1-4H3;11-15H,1-10H2. The van der Waals surface area contributed by atoms with Gasteiger partial charge in [-0.3, -0.25) is 0 Å². The quantitative estimate of drug-likeness (QED) is 0.0584. The van der Waals surface area contributed by atoms with Crippen LogP contribution in [0, 0.1) is 0 Å². The van der Waals surface area contributed by atoms with E-state index in [1.54, 1.807) is 11.1 Å². The summed E-state index contributed by atoms with van der Waals surface area (Å²) in [5, 5.41) is 0. The first kappa shape index (κ1) is 70.7. The van der Waals surface area contributed by atoms with Crippen LogP contribution in [0.1, 0.15) is 202 Å². The van der Waals surface area contributed by atoms with Gasteiger partial charge in [-0.25, -0.2) is 29.9 Å². The van der Waals surface area contributed by atoms with Crippen molar-refractivity contribution < 1.29 is 35.1 Å². The number of aromatic nitrogens is 6. The Labute approximate surface area is 594 Å². The van der Waals surface area contributed by atoms with Crippen LogP contribution in [0.2, 0.25) is 0 Å². The van der Waals surface area contributed by atoms with E-state index >= 15 is 0 Å². The zero-order valence-electron chi connectivity index (χ0n) is 58.4. The maximum atomic E-state index is 12.7. The van der Waals surface area contributed by atoms with Crippen molar-refractivity contribution in [3.63, 3.8) is 0 Å². The topological polar surface area (TPSA) is 139 Å². The van der Waals surface area contributed by atoms with E-state index < -0.39 is 33.9 Å². The number of nitrogens with zero attached hydrogens (tertiary/aromatic N) is 6. The molecular formula is C85H90BF3N6O5S. The van der Waals surface area contributed by atoms with Gasteiger partial charge in [0.05, 0.1) is 11.2 Å². The third-order valence-electron chi connectivity index (χ3n) is 21.2. The second-order valence-electron chi connectivity index (χ2n) is 28.9. The van der Waals surface area contributed by atoms with Crippen molar-refractivity contribution in [3.05, 3.63) is 229 Å². The minimum Gasteiger partial charge on any atom is -0.399 e. The highest BCUT2D eigenvalue weighted by Crippen LogP contribution is 2.44. The number of halogens is 3. The average Bonchev–Trinajstić information content (AvgIpc) is 1.57. The molecule has 1 aliphatic heterocycles. The second-order valence-corrected chi connectivity index (χ2v) is 30.5. The van der Waals surface area contributed by atoms with Gasteiger partial charge >= 0.3 is 22.7 Å². The summed E-state index contributed by atoms with van der Waals surface area (Å²) in [5.41, 5.74) is 8.01. The third kappa shape index (κ3) is 17.4. The van der Waals surface area contributed by atoms with Gasteiger partial charge in [0.2, 0.25) is 0 Å². The van der Waals surface area contributed by atoms with E-state index in [1.165, 1.54) is 100 Å². The molecule has 0 unspecified atom stereocenters. The highest BCUT2D eigenvalue weighted by Gasteiger charge is 2.52. The fraction of sp³-hybridized carbons (Fsp3) is 0.365. The molecule has 2 aromatic heterocycles. The molecule has 15 rings (SSSR count). The van der Waals surface area contributed by atoms with Crippen molar-refractivity contribution in [2.24, 2.45) is 0 Å². The Morgan fingerprint density at radius 2 is 0.634 bits per heavy atom. The zero-order valence-corrected chi connectivity index (χ0v) is 59.2. The van der Waals surface area contributed by atoms with E-state index in [4.69, 9.17) is 39.2 Å². The number of rotatable bonds is 14. The van der Waals surface area contributed by atoms with Crippen molar-refractivity contribution in [1.29, 1.82) is 0 Å². The predicted octanol–water partition coefficient (Wildman–Crippen LogP) is 21.8. The molecule has 520 valence electrons. The lowest BCUT2D eigenvalue weighted by Crippen LogP contribution is -2.41. The van der Waals surface area contributed by atoms with Crippen LogP contribution in [-0.4, -0.2) is 62.2 Å². The molecule has 10 aromatic rings. The summed E-state index contributed by atoms with van der Waals surface area (Å²) in [7, 11) is -6.09. The molecule has 0 bridgehead atoms. The molecule has 0 amide bonds. The highest BCUT2D eigenvalue weighted by atomic mass is 32.2. The van der Waals surface area contributed by atoms with E-state index in [0.717, 1.165) is 101 Å². The van der Waals surface area contributed by atoms with Crippen LogP contribution in [0.5, 0.6) is 5.75 Å². The van der Waals surface area contributed by atoms with E-state index in [0.29, 0.717) is 46.8 Å². The van der Waals surface area contributed by atoms with Crippen molar-refractivity contribution in [1.82, 2.24) is 29.9 Å². The lowest BCUT2D eigenvalue weighted by atomic mass is 9.78. The number of benzene rings is 8. The molecule has 8 aromatic carbocycles. The van der Waals surface area contributed by atoms with Gasteiger partial charge in [-0.2, -0.15) is 21.6 Å². The minimum absolute atomic E-state index is 0.203. The van der Waals surface area contributed by atoms with E-state index in [1.807, 2.05) is 121 Å². The van der Waals surface area contributed by atoms with Crippen LogP contribution in [0.3, 0.4) is 0 Å². The Morgan fingerprint density at radius 3 is 0.970 bits per heavy atom. The largest absolute Gasteiger partial charge is 0.534 e. The summed E-state index contributed by atoms with van der Waals surface area (Å²) in [4.78, 5) is 29.3. The molecule has 0 radical (unpaired) electrons. The summed E-state index contributed by atoms with van der Waals surface area (Å²) < 4.78 is 78.0. The normalized spacial score (nSPS) is 17.6. The molecule has 0 N–H and O–H groups in total. The SMILES string of the molecule is CC1(C)OB(c2cccc(-c3nc(-c4ccccc4)nc(-c4ccccc4)n3)c2)OC1(C)C.O=S(=O)(Oc1cc(C2CCCCC2)cc(C2CCCCC2)c1)C(F)(F)F.c1ccc(-c2nc(-c3ccccc3)nc(-c3cccc(-c4cc(C5CCCCC5)cc(C5CCCCC5)c4)c3)n2)cc1. The summed E-state index contributed by atoms with van der Waals surface area (Å²) in [5.74, 6) is 5.71. The van der Waals surface area contributed by atoms with Gasteiger partial charge in [0.1, 0.15) is 5.75 Å². The average molecular weight is 1380 g/mol. The summed E-state index contributed by atoms with van der Waals surface area (Å²) in [6.45, 7) is 8.23. The van der Waals surface area contributed by atoms with Crippen LogP contribution in [0.15, 0.2) is 206 Å². The first-order chi connectivity index (χ1) is 48.9. The first-order valence-electron chi connectivity index (χ1n) is 36.5. The van der Waals surface area contributed by atoms with Crippen molar-refractivity contribution >= 4 is 22.7 Å². The number of hydrogen-bond acceptors (Lipinski definition) is 11. The lowest BCUT2D eigenvalue weighted by Gasteiger charge is -2.32. The Morgan fingerprint density at radius 1 is 0.347 bits per heavy atom. The number of alkyl halides is 3. The third-order valence-corrected chi connectivity index (χ3v) is 22.2. The molecule has 4 aliphatic carbocycles. The monoisotopic (exact) mass is 1370 g/mol. The van der Waals surface area contributed by atoms with Gasteiger partial charge in [-0.15, -0.1) is 0 Å². The highest BCUT2D eigenvalue weighted by molar-refractivity contribution is 7.88. The van der Waals surface area contributed by atoms with Crippen LogP contribution in [-0.2, 0) is 19.4 Å². The molecule has 0 spiro atoms. The maximum absolute atomic E-state index is 12.7. The van der Waals surface area contributed by atoms with Gasteiger partial charge in [0, 0.05) is 33.4 Å². The Bertz CT molecular complexity index is 4320. The van der Waals surface area contributed by atoms with Gasteiger partial charge < -0.3 is 13.5 Å². The summed E-state index contributed by atoms with van der Waals surface area (Å²) in [6, 6.07) is 69.9. The van der Waals surface area contributed by atoms with E-state index in [-0.39, 0.29) is 17.6 Å². The molecule has 0 atom stereocenters. The van der Waals surface area contributed by atoms with Crippen molar-refractivity contribution in [3.8, 4) is 85.2 Å². The van der Waals surface area contributed by atoms with Crippen molar-refractivity contribution in [2.75, 3.05) is 0 Å². The van der Waals surface area contributed by atoms with Gasteiger partial charge in [-0.1, -0.05) is 265 Å². The fourth-order valence-corrected chi connectivity index (χ4v) is 15.4. The zero-order chi connectivity index (χ0) is 70.0. The Balaban J connectivity index is 0.000000140. The first-order valence-corrected chi connectivity index (χ1v) is 37.9. The molecule has 4 saturated carbocycles. The molecule has 5 aliphatic rings. The fourth-order valence-electron chi connectivity index (χ4n) is 14.9.